The summed E-state index contributed by atoms with van der Waals surface area (Å²) < 4.78 is 5.39. The smallest absolute Gasteiger partial charge is 0.317 e. The molecule has 0 bridgehead atoms. The normalized spacial score (nSPS) is 27.1. The predicted octanol–water partition coefficient (Wildman–Crippen LogP) is 1.31. The molecule has 0 radical (unpaired) electrons. The van der Waals surface area contributed by atoms with Crippen molar-refractivity contribution in [2.24, 2.45) is 11.8 Å². The zero-order valence-electron chi connectivity index (χ0n) is 11.8. The number of likely N-dealkylation sites (tertiary alicyclic amines) is 1. The summed E-state index contributed by atoms with van der Waals surface area (Å²) in [6.07, 6.45) is 4.09. The van der Waals surface area contributed by atoms with E-state index in [1.807, 2.05) is 0 Å². The molecule has 6 nitrogen and oxygen atoms in total. The summed E-state index contributed by atoms with van der Waals surface area (Å²) >= 11 is 0. The first-order valence-corrected chi connectivity index (χ1v) is 7.47. The third kappa shape index (κ3) is 4.67. The Balaban J connectivity index is 1.72. The van der Waals surface area contributed by atoms with Crippen molar-refractivity contribution in [1.82, 2.24) is 10.2 Å². The van der Waals surface area contributed by atoms with Crippen LogP contribution in [0, 0.1) is 11.8 Å². The monoisotopic (exact) mass is 284 g/mol. The molecule has 0 aromatic rings. The van der Waals surface area contributed by atoms with E-state index in [0.29, 0.717) is 19.0 Å². The van der Waals surface area contributed by atoms with Gasteiger partial charge in [-0.3, -0.25) is 4.79 Å². The second-order valence-corrected chi connectivity index (χ2v) is 5.82. The Bertz CT molecular complexity index is 342. The van der Waals surface area contributed by atoms with E-state index >= 15 is 0 Å². The molecule has 2 amide bonds. The molecule has 2 rings (SSSR count). The van der Waals surface area contributed by atoms with Gasteiger partial charge in [-0.25, -0.2) is 4.79 Å². The number of aliphatic carboxylic acids is 1. The van der Waals surface area contributed by atoms with E-state index in [-0.39, 0.29) is 18.4 Å². The fourth-order valence-corrected chi connectivity index (χ4v) is 2.97. The summed E-state index contributed by atoms with van der Waals surface area (Å²) in [7, 11) is 0. The lowest BCUT2D eigenvalue weighted by Gasteiger charge is -2.32. The first-order valence-electron chi connectivity index (χ1n) is 7.47. The van der Waals surface area contributed by atoms with Crippen molar-refractivity contribution in [3.63, 3.8) is 0 Å². The molecule has 2 N–H and O–H groups in total. The number of rotatable bonds is 4. The number of ether oxygens (including phenoxy) is 1. The molecule has 0 aromatic carbocycles. The van der Waals surface area contributed by atoms with Crippen LogP contribution in [0.4, 0.5) is 4.79 Å². The van der Waals surface area contributed by atoms with Gasteiger partial charge in [0.05, 0.1) is 6.61 Å². The van der Waals surface area contributed by atoms with Crippen molar-refractivity contribution in [2.45, 2.75) is 32.1 Å². The van der Waals surface area contributed by atoms with Crippen molar-refractivity contribution in [1.29, 1.82) is 0 Å². The molecule has 114 valence electrons. The van der Waals surface area contributed by atoms with Gasteiger partial charge >= 0.3 is 12.0 Å². The number of piperidine rings is 1. The Morgan fingerprint density at radius 3 is 2.75 bits per heavy atom. The number of nitrogens with zero attached hydrogens (tertiary/aromatic N) is 1. The van der Waals surface area contributed by atoms with Gasteiger partial charge in [-0.2, -0.15) is 0 Å². The molecule has 2 aliphatic heterocycles. The van der Waals surface area contributed by atoms with E-state index in [1.165, 1.54) is 0 Å². The standard InChI is InChI=1S/C14H24N2O4/c17-13(18)7-11-3-1-5-16(9-11)14(19)15-8-12-4-2-6-20-10-12/h11-12H,1-10H2,(H,15,19)(H,17,18). The number of nitrogens with one attached hydrogen (secondary N) is 1. The predicted molar refractivity (Wildman–Crippen MR) is 73.5 cm³/mol. The maximum atomic E-state index is 12.1. The minimum Gasteiger partial charge on any atom is -0.481 e. The quantitative estimate of drug-likeness (QED) is 0.816. The van der Waals surface area contributed by atoms with Gasteiger partial charge in [-0.05, 0) is 37.5 Å². The minimum atomic E-state index is -0.781. The molecule has 20 heavy (non-hydrogen) atoms. The lowest BCUT2D eigenvalue weighted by Crippen LogP contribution is -2.47. The van der Waals surface area contributed by atoms with Gasteiger partial charge in [-0.1, -0.05) is 0 Å². The van der Waals surface area contributed by atoms with Crippen LogP contribution in [0.15, 0.2) is 0 Å². The lowest BCUT2D eigenvalue weighted by atomic mass is 9.95. The maximum absolute atomic E-state index is 12.1. The van der Waals surface area contributed by atoms with Crippen LogP contribution in [0.2, 0.25) is 0 Å². The van der Waals surface area contributed by atoms with Gasteiger partial charge in [0.2, 0.25) is 0 Å². The zero-order valence-corrected chi connectivity index (χ0v) is 11.8. The van der Waals surface area contributed by atoms with E-state index in [1.54, 1.807) is 4.90 Å². The SMILES string of the molecule is O=C(O)CC1CCCN(C(=O)NCC2CCCOC2)C1. The topological polar surface area (TPSA) is 78.9 Å². The highest BCUT2D eigenvalue weighted by Crippen LogP contribution is 2.19. The number of carbonyl (C=O) groups is 2. The van der Waals surface area contributed by atoms with Crippen molar-refractivity contribution in [3.05, 3.63) is 0 Å². The first kappa shape index (κ1) is 15.1. The molecule has 2 fully saturated rings. The number of hydrogen-bond donors (Lipinski definition) is 2. The number of carboxylic acid groups (broad SMARTS) is 1. The number of urea groups is 1. The maximum Gasteiger partial charge on any atom is 0.317 e. The number of amides is 2. The molecule has 2 heterocycles. The van der Waals surface area contributed by atoms with Gasteiger partial charge in [0, 0.05) is 32.7 Å². The molecule has 0 spiro atoms. The third-order valence-corrected chi connectivity index (χ3v) is 4.07. The lowest BCUT2D eigenvalue weighted by molar-refractivity contribution is -0.138. The van der Waals surface area contributed by atoms with Gasteiger partial charge in [0.25, 0.3) is 0 Å². The number of carboxylic acids is 1. The molecule has 2 unspecified atom stereocenters. The number of carbonyl (C=O) groups excluding carboxylic acids is 1. The molecular formula is C14H24N2O4. The fraction of sp³-hybridized carbons (Fsp3) is 0.857. The second kappa shape index (κ2) is 7.47. The number of hydrogen-bond acceptors (Lipinski definition) is 3. The average molecular weight is 284 g/mol. The Morgan fingerprint density at radius 2 is 2.05 bits per heavy atom. The van der Waals surface area contributed by atoms with E-state index in [4.69, 9.17) is 9.84 Å². The van der Waals surface area contributed by atoms with Crippen LogP contribution < -0.4 is 5.32 Å². The Kier molecular flexibility index (Phi) is 5.64. The van der Waals surface area contributed by atoms with Crippen LogP contribution in [-0.2, 0) is 9.53 Å². The molecule has 0 aromatic heterocycles. The van der Waals surface area contributed by atoms with Crippen molar-refractivity contribution < 1.29 is 19.4 Å². The Labute approximate surface area is 119 Å². The van der Waals surface area contributed by atoms with Gasteiger partial charge in [0.1, 0.15) is 0 Å². The molecule has 0 aliphatic carbocycles. The van der Waals surface area contributed by atoms with Crippen molar-refractivity contribution >= 4 is 12.0 Å². The van der Waals surface area contributed by atoms with Crippen LogP contribution >= 0.6 is 0 Å². The Morgan fingerprint density at radius 1 is 1.25 bits per heavy atom. The first-order chi connectivity index (χ1) is 9.65. The average Bonchev–Trinajstić information content (AvgIpc) is 2.45. The minimum absolute atomic E-state index is 0.0642. The van der Waals surface area contributed by atoms with Crippen molar-refractivity contribution in [2.75, 3.05) is 32.8 Å². The van der Waals surface area contributed by atoms with E-state index in [9.17, 15) is 9.59 Å². The van der Waals surface area contributed by atoms with Crippen LogP contribution in [0.3, 0.4) is 0 Å². The fourth-order valence-electron chi connectivity index (χ4n) is 2.97. The highest BCUT2D eigenvalue weighted by atomic mass is 16.5. The zero-order chi connectivity index (χ0) is 14.4. The van der Waals surface area contributed by atoms with Gasteiger partial charge in [-0.15, -0.1) is 0 Å². The summed E-state index contributed by atoms with van der Waals surface area (Å²) in [5.41, 5.74) is 0. The van der Waals surface area contributed by atoms with Crippen LogP contribution in [0.1, 0.15) is 32.1 Å². The molecule has 2 aliphatic rings. The highest BCUT2D eigenvalue weighted by Gasteiger charge is 2.25. The van der Waals surface area contributed by atoms with Crippen LogP contribution in [0.5, 0.6) is 0 Å². The van der Waals surface area contributed by atoms with E-state index in [2.05, 4.69) is 5.32 Å². The summed E-state index contributed by atoms with van der Waals surface area (Å²) in [5.74, 6) is -0.283. The Hall–Kier alpha value is -1.30. The molecule has 2 atom stereocenters. The van der Waals surface area contributed by atoms with Gasteiger partial charge < -0.3 is 20.1 Å². The second-order valence-electron chi connectivity index (χ2n) is 5.82. The highest BCUT2D eigenvalue weighted by molar-refractivity contribution is 5.74. The third-order valence-electron chi connectivity index (χ3n) is 4.07. The summed E-state index contributed by atoms with van der Waals surface area (Å²) in [4.78, 5) is 24.6. The van der Waals surface area contributed by atoms with Crippen molar-refractivity contribution in [3.8, 4) is 0 Å². The van der Waals surface area contributed by atoms with Crippen LogP contribution in [0.25, 0.3) is 0 Å². The summed E-state index contributed by atoms with van der Waals surface area (Å²) in [6.45, 7) is 3.48. The molecule has 0 saturated carbocycles. The molecule has 2 saturated heterocycles. The van der Waals surface area contributed by atoms with Gasteiger partial charge in [0.15, 0.2) is 0 Å². The summed E-state index contributed by atoms with van der Waals surface area (Å²) in [6, 6.07) is -0.0642. The van der Waals surface area contributed by atoms with E-state index in [0.717, 1.165) is 45.4 Å². The molecule has 6 heteroatoms. The summed E-state index contributed by atoms with van der Waals surface area (Å²) in [5, 5.41) is 11.8. The van der Waals surface area contributed by atoms with E-state index < -0.39 is 5.97 Å². The largest absolute Gasteiger partial charge is 0.481 e. The van der Waals surface area contributed by atoms with Crippen LogP contribution in [-0.4, -0.2) is 54.9 Å². The molecular weight excluding hydrogens is 260 g/mol.